The summed E-state index contributed by atoms with van der Waals surface area (Å²) in [5, 5.41) is 0. The Balaban J connectivity index is -0.000000256. The summed E-state index contributed by atoms with van der Waals surface area (Å²) >= 11 is 1.44. The molecule has 0 aliphatic carbocycles. The molecule has 0 saturated heterocycles. The van der Waals surface area contributed by atoms with Crippen molar-refractivity contribution in [2.75, 3.05) is 0 Å². The summed E-state index contributed by atoms with van der Waals surface area (Å²) in [7, 11) is 0. The SMILES string of the molecule is CC[CH](C)[Al+][CH](C)CC.CC[CH](C)[Al+][CH](C)CC.[O-2]. The van der Waals surface area contributed by atoms with Crippen LogP contribution in [-0.2, 0) is 5.48 Å². The molecule has 0 aromatic rings. The van der Waals surface area contributed by atoms with Crippen LogP contribution in [0.1, 0.15) is 81.1 Å². The van der Waals surface area contributed by atoms with Gasteiger partial charge in [-0.3, -0.25) is 0 Å². The molecular weight excluding hydrogens is 262 g/mol. The van der Waals surface area contributed by atoms with Crippen LogP contribution in [0.3, 0.4) is 0 Å². The van der Waals surface area contributed by atoms with Gasteiger partial charge in [-0.25, -0.2) is 0 Å². The Morgan fingerprint density at radius 2 is 0.684 bits per heavy atom. The maximum atomic E-state index is 2.38. The molecule has 0 amide bonds. The summed E-state index contributed by atoms with van der Waals surface area (Å²) in [6.45, 7) is 18.7. The van der Waals surface area contributed by atoms with E-state index in [4.69, 9.17) is 0 Å². The van der Waals surface area contributed by atoms with Crippen LogP contribution < -0.4 is 0 Å². The molecule has 0 aliphatic heterocycles. The van der Waals surface area contributed by atoms with Gasteiger partial charge in [-0.2, -0.15) is 0 Å². The van der Waals surface area contributed by atoms with E-state index in [2.05, 4.69) is 55.4 Å². The van der Waals surface area contributed by atoms with Gasteiger partial charge in [0.05, 0.1) is 0 Å². The van der Waals surface area contributed by atoms with Gasteiger partial charge in [0.25, 0.3) is 0 Å². The Hall–Kier alpha value is 1.02. The smallest absolute Gasteiger partial charge is 2.00 e. The van der Waals surface area contributed by atoms with E-state index in [0.717, 1.165) is 49.6 Å². The quantitative estimate of drug-likeness (QED) is 0.482. The molecule has 0 rings (SSSR count). The van der Waals surface area contributed by atoms with Gasteiger partial charge in [-0.15, -0.1) is 0 Å². The summed E-state index contributed by atoms with van der Waals surface area (Å²) in [5.74, 6) is 0. The first kappa shape index (κ1) is 25.0. The van der Waals surface area contributed by atoms with Crippen molar-refractivity contribution >= 4 is 30.4 Å². The van der Waals surface area contributed by atoms with E-state index >= 15 is 0 Å². The van der Waals surface area contributed by atoms with Crippen molar-refractivity contribution in [3.8, 4) is 0 Å². The first-order valence-electron chi connectivity index (χ1n) is 8.10. The maximum Gasteiger partial charge on any atom is -2.00 e. The van der Waals surface area contributed by atoms with Gasteiger partial charge >= 0.3 is 131 Å². The molecular formula is C16H36Al2O. The average molecular weight is 298 g/mol. The van der Waals surface area contributed by atoms with E-state index in [1.807, 2.05) is 0 Å². The Morgan fingerprint density at radius 3 is 0.789 bits per heavy atom. The van der Waals surface area contributed by atoms with Crippen LogP contribution in [0.5, 0.6) is 0 Å². The fourth-order valence-corrected chi connectivity index (χ4v) is 5.00. The number of hydrogen-bond acceptors (Lipinski definition) is 0. The molecule has 0 bridgehead atoms. The topological polar surface area (TPSA) is 28.5 Å². The zero-order valence-electron chi connectivity index (χ0n) is 14.7. The Bertz CT molecular complexity index is 131. The molecule has 0 spiro atoms. The fourth-order valence-electron chi connectivity index (χ4n) is 1.67. The monoisotopic (exact) mass is 298 g/mol. The van der Waals surface area contributed by atoms with E-state index in [1.54, 1.807) is 0 Å². The average Bonchev–Trinajstić information content (AvgIpc) is 2.38. The largest absolute Gasteiger partial charge is 2.00 e. The molecule has 4 unspecified atom stereocenters. The molecule has 112 valence electrons. The van der Waals surface area contributed by atoms with Gasteiger partial charge in [0.1, 0.15) is 0 Å². The van der Waals surface area contributed by atoms with Gasteiger partial charge in [-0.1, -0.05) is 0 Å². The Labute approximate surface area is 136 Å². The molecule has 0 aromatic heterocycles. The second-order valence-electron chi connectivity index (χ2n) is 5.93. The van der Waals surface area contributed by atoms with Gasteiger partial charge in [0.2, 0.25) is 0 Å². The zero-order valence-corrected chi connectivity index (χ0v) is 17.0. The fraction of sp³-hybridized carbons (Fsp3) is 1.00. The number of rotatable bonds is 8. The normalized spacial score (nSPS) is 15.6. The molecule has 0 heterocycles. The Kier molecular flexibility index (Phi) is 22.5. The van der Waals surface area contributed by atoms with E-state index in [-0.39, 0.29) is 5.48 Å². The van der Waals surface area contributed by atoms with E-state index in [9.17, 15) is 0 Å². The molecule has 0 N–H and O–H groups in total. The van der Waals surface area contributed by atoms with Gasteiger partial charge in [0, 0.05) is 0 Å². The minimum atomic E-state index is 0. The second kappa shape index (κ2) is 17.1. The summed E-state index contributed by atoms with van der Waals surface area (Å²) in [5.41, 5.74) is 0. The van der Waals surface area contributed by atoms with Crippen LogP contribution in [0.25, 0.3) is 0 Å². The zero-order chi connectivity index (χ0) is 14.6. The number of hydrogen-bond donors (Lipinski definition) is 0. The van der Waals surface area contributed by atoms with Crippen LogP contribution in [0, 0.1) is 0 Å². The predicted molar refractivity (Wildman–Crippen MR) is 91.1 cm³/mol. The van der Waals surface area contributed by atoms with Gasteiger partial charge in [-0.05, 0) is 0 Å². The van der Waals surface area contributed by atoms with Crippen LogP contribution >= 0.6 is 0 Å². The third kappa shape index (κ3) is 19.0. The van der Waals surface area contributed by atoms with Gasteiger partial charge < -0.3 is 5.48 Å². The summed E-state index contributed by atoms with van der Waals surface area (Å²) in [6.07, 6.45) is 5.50. The summed E-state index contributed by atoms with van der Waals surface area (Å²) in [6, 6.07) is 0. The minimum absolute atomic E-state index is 0. The molecule has 0 radical (unpaired) electrons. The first-order chi connectivity index (χ1) is 8.40. The van der Waals surface area contributed by atoms with Crippen molar-refractivity contribution in [2.45, 2.75) is 100 Å². The van der Waals surface area contributed by atoms with Crippen LogP contribution in [0.4, 0.5) is 0 Å². The molecule has 4 atom stereocenters. The van der Waals surface area contributed by atoms with E-state index in [1.165, 1.54) is 25.7 Å². The Morgan fingerprint density at radius 1 is 0.526 bits per heavy atom. The van der Waals surface area contributed by atoms with Crippen molar-refractivity contribution < 1.29 is 5.48 Å². The molecule has 0 aliphatic rings. The van der Waals surface area contributed by atoms with Crippen molar-refractivity contribution in [3.63, 3.8) is 0 Å². The first-order valence-corrected chi connectivity index (χ1v) is 10.8. The molecule has 0 fully saturated rings. The van der Waals surface area contributed by atoms with E-state index in [0.29, 0.717) is 0 Å². The van der Waals surface area contributed by atoms with Crippen molar-refractivity contribution in [3.05, 3.63) is 0 Å². The summed E-state index contributed by atoms with van der Waals surface area (Å²) < 4.78 is 4.06. The van der Waals surface area contributed by atoms with E-state index < -0.39 is 0 Å². The van der Waals surface area contributed by atoms with Crippen LogP contribution in [-0.4, -0.2) is 30.4 Å². The molecule has 1 nitrogen and oxygen atoms in total. The third-order valence-electron chi connectivity index (χ3n) is 3.89. The molecule has 19 heavy (non-hydrogen) atoms. The second-order valence-corrected chi connectivity index (χ2v) is 11.2. The molecule has 3 heteroatoms. The maximum absolute atomic E-state index is 2.38. The van der Waals surface area contributed by atoms with Crippen molar-refractivity contribution in [1.29, 1.82) is 0 Å². The summed E-state index contributed by atoms with van der Waals surface area (Å²) in [4.78, 5) is 0. The van der Waals surface area contributed by atoms with Crippen LogP contribution in [0.15, 0.2) is 0 Å². The van der Waals surface area contributed by atoms with Crippen LogP contribution in [0.2, 0.25) is 19.1 Å². The molecule has 0 aromatic carbocycles. The molecule has 0 saturated carbocycles. The predicted octanol–water partition coefficient (Wildman–Crippen LogP) is 6.14. The standard InChI is InChI=1S/4C4H9.2Al.O/c4*1-3-4-2;;;/h4*3H,4H2,1-2H3;;;/q;;;;2*+1;-2. The van der Waals surface area contributed by atoms with Crippen molar-refractivity contribution in [2.24, 2.45) is 0 Å². The third-order valence-corrected chi connectivity index (χ3v) is 8.40. The minimum Gasteiger partial charge on any atom is -2.00 e. The van der Waals surface area contributed by atoms with Crippen molar-refractivity contribution in [1.82, 2.24) is 0 Å². The van der Waals surface area contributed by atoms with Gasteiger partial charge in [0.15, 0.2) is 0 Å².